The van der Waals surface area contributed by atoms with Crippen LogP contribution < -0.4 is 11.1 Å². The quantitative estimate of drug-likeness (QED) is 0.768. The van der Waals surface area contributed by atoms with Gasteiger partial charge in [0.2, 0.25) is 0 Å². The maximum Gasteiger partial charge on any atom is 0.0743 e. The Bertz CT molecular complexity index is 512. The van der Waals surface area contributed by atoms with Gasteiger partial charge in [-0.15, -0.1) is 0 Å². The number of hydrogen-bond acceptors (Lipinski definition) is 3. The Morgan fingerprint density at radius 1 is 1.19 bits per heavy atom. The molecule has 0 aliphatic heterocycles. The molecule has 1 aromatic carbocycles. The fourth-order valence-corrected chi connectivity index (χ4v) is 1.67. The summed E-state index contributed by atoms with van der Waals surface area (Å²) in [5.41, 5.74) is 8.57. The summed E-state index contributed by atoms with van der Waals surface area (Å²) in [4.78, 5) is 4.31. The van der Waals surface area contributed by atoms with E-state index in [1.807, 2.05) is 24.3 Å². The number of aromatic nitrogens is 1. The van der Waals surface area contributed by atoms with Crippen molar-refractivity contribution in [3.63, 3.8) is 0 Å². The van der Waals surface area contributed by atoms with E-state index < -0.39 is 0 Å². The molecule has 0 saturated heterocycles. The summed E-state index contributed by atoms with van der Waals surface area (Å²) in [6.07, 6.45) is 1.70. The van der Waals surface area contributed by atoms with E-state index in [4.69, 9.17) is 5.73 Å². The van der Waals surface area contributed by atoms with Crippen LogP contribution in [0.3, 0.4) is 0 Å². The van der Waals surface area contributed by atoms with E-state index in [0.717, 1.165) is 16.6 Å². The summed E-state index contributed by atoms with van der Waals surface area (Å²) in [7, 11) is 0. The number of benzene rings is 1. The van der Waals surface area contributed by atoms with E-state index in [9.17, 15) is 0 Å². The Morgan fingerprint density at radius 3 is 2.56 bits per heavy atom. The van der Waals surface area contributed by atoms with Crippen molar-refractivity contribution >= 4 is 22.3 Å². The van der Waals surface area contributed by atoms with Gasteiger partial charge in [-0.05, 0) is 26.8 Å². The van der Waals surface area contributed by atoms with Gasteiger partial charge in [-0.25, -0.2) is 0 Å². The van der Waals surface area contributed by atoms with E-state index in [0.29, 0.717) is 5.69 Å². The van der Waals surface area contributed by atoms with Crippen molar-refractivity contribution in [2.75, 3.05) is 11.1 Å². The Balaban J connectivity index is 2.62. The van der Waals surface area contributed by atoms with E-state index in [2.05, 4.69) is 31.1 Å². The van der Waals surface area contributed by atoms with Gasteiger partial charge in [0.05, 0.1) is 23.1 Å². The minimum absolute atomic E-state index is 0.0156. The van der Waals surface area contributed by atoms with Gasteiger partial charge in [0, 0.05) is 10.9 Å². The maximum atomic E-state index is 5.97. The van der Waals surface area contributed by atoms with Crippen LogP contribution in [-0.4, -0.2) is 10.5 Å². The number of nitrogens with zero attached hydrogens (tertiary/aromatic N) is 1. The molecule has 0 atom stereocenters. The Hall–Kier alpha value is -1.77. The molecule has 0 saturated carbocycles. The van der Waals surface area contributed by atoms with E-state index >= 15 is 0 Å². The van der Waals surface area contributed by atoms with Gasteiger partial charge in [-0.3, -0.25) is 4.98 Å². The fourth-order valence-electron chi connectivity index (χ4n) is 1.67. The first-order chi connectivity index (χ1) is 7.47. The van der Waals surface area contributed by atoms with Gasteiger partial charge >= 0.3 is 0 Å². The molecule has 3 nitrogen and oxygen atoms in total. The molecule has 3 N–H and O–H groups in total. The molecular weight excluding hydrogens is 198 g/mol. The third-order valence-electron chi connectivity index (χ3n) is 2.30. The lowest BCUT2D eigenvalue weighted by atomic mass is 10.1. The van der Waals surface area contributed by atoms with Crippen LogP contribution in [0.4, 0.5) is 11.4 Å². The van der Waals surface area contributed by atoms with Crippen LogP contribution >= 0.6 is 0 Å². The van der Waals surface area contributed by atoms with Crippen molar-refractivity contribution in [1.29, 1.82) is 0 Å². The summed E-state index contributed by atoms with van der Waals surface area (Å²) in [5, 5.41) is 4.49. The predicted octanol–water partition coefficient (Wildman–Crippen LogP) is 3.03. The minimum atomic E-state index is -0.0156. The molecule has 2 rings (SSSR count). The number of para-hydroxylation sites is 1. The number of hydrogen-bond donors (Lipinski definition) is 2. The van der Waals surface area contributed by atoms with Crippen molar-refractivity contribution < 1.29 is 0 Å². The van der Waals surface area contributed by atoms with Gasteiger partial charge in [-0.2, -0.15) is 0 Å². The van der Waals surface area contributed by atoms with Crippen LogP contribution in [0.15, 0.2) is 30.5 Å². The third-order valence-corrected chi connectivity index (χ3v) is 2.30. The number of nitrogen functional groups attached to an aromatic ring is 1. The average Bonchev–Trinajstić information content (AvgIpc) is 2.21. The van der Waals surface area contributed by atoms with Gasteiger partial charge in [0.15, 0.2) is 0 Å². The minimum Gasteiger partial charge on any atom is -0.396 e. The second-order valence-electron chi connectivity index (χ2n) is 4.98. The average molecular weight is 215 g/mol. The maximum absolute atomic E-state index is 5.97. The molecule has 0 bridgehead atoms. The lowest BCUT2D eigenvalue weighted by molar-refractivity contribution is 0.635. The molecule has 0 unspecified atom stereocenters. The van der Waals surface area contributed by atoms with Gasteiger partial charge < -0.3 is 11.1 Å². The van der Waals surface area contributed by atoms with Gasteiger partial charge in [0.1, 0.15) is 0 Å². The largest absolute Gasteiger partial charge is 0.396 e. The zero-order valence-corrected chi connectivity index (χ0v) is 9.91. The molecule has 2 aromatic rings. The molecule has 1 aromatic heterocycles. The topological polar surface area (TPSA) is 50.9 Å². The van der Waals surface area contributed by atoms with Crippen LogP contribution in [0.2, 0.25) is 0 Å². The lowest BCUT2D eigenvalue weighted by Crippen LogP contribution is -2.26. The molecule has 0 radical (unpaired) electrons. The Labute approximate surface area is 95.7 Å². The number of pyridine rings is 1. The van der Waals surface area contributed by atoms with Crippen LogP contribution in [0.1, 0.15) is 20.8 Å². The number of nitrogens with one attached hydrogen (secondary N) is 1. The van der Waals surface area contributed by atoms with E-state index in [1.165, 1.54) is 0 Å². The zero-order chi connectivity index (χ0) is 11.8. The smallest absolute Gasteiger partial charge is 0.0743 e. The summed E-state index contributed by atoms with van der Waals surface area (Å²) in [6, 6.07) is 8.00. The Kier molecular flexibility index (Phi) is 2.46. The highest BCUT2D eigenvalue weighted by atomic mass is 15.0. The molecular formula is C13H17N3. The second kappa shape index (κ2) is 3.67. The molecule has 1 heterocycles. The van der Waals surface area contributed by atoms with Crippen molar-refractivity contribution in [1.82, 2.24) is 4.98 Å². The molecule has 0 amide bonds. The monoisotopic (exact) mass is 215 g/mol. The molecule has 3 heteroatoms. The predicted molar refractivity (Wildman–Crippen MR) is 69.5 cm³/mol. The SMILES string of the molecule is CC(C)(C)Nc1c(N)cnc2ccccc12. The zero-order valence-electron chi connectivity index (χ0n) is 9.91. The molecule has 16 heavy (non-hydrogen) atoms. The lowest BCUT2D eigenvalue weighted by Gasteiger charge is -2.24. The van der Waals surface area contributed by atoms with Gasteiger partial charge in [-0.1, -0.05) is 18.2 Å². The molecule has 84 valence electrons. The number of nitrogens with two attached hydrogens (primary N) is 1. The molecule has 0 aliphatic carbocycles. The van der Waals surface area contributed by atoms with E-state index in [-0.39, 0.29) is 5.54 Å². The highest BCUT2D eigenvalue weighted by Crippen LogP contribution is 2.29. The van der Waals surface area contributed by atoms with Crippen molar-refractivity contribution in [3.05, 3.63) is 30.5 Å². The van der Waals surface area contributed by atoms with Crippen molar-refractivity contribution in [3.8, 4) is 0 Å². The van der Waals surface area contributed by atoms with Crippen LogP contribution in [0, 0.1) is 0 Å². The first-order valence-electron chi connectivity index (χ1n) is 5.39. The number of rotatable bonds is 1. The van der Waals surface area contributed by atoms with Crippen LogP contribution in [-0.2, 0) is 0 Å². The summed E-state index contributed by atoms with van der Waals surface area (Å²) in [5.74, 6) is 0. The summed E-state index contributed by atoms with van der Waals surface area (Å²) >= 11 is 0. The fraction of sp³-hybridized carbons (Fsp3) is 0.308. The van der Waals surface area contributed by atoms with Crippen LogP contribution in [0.25, 0.3) is 10.9 Å². The number of anilines is 2. The summed E-state index contributed by atoms with van der Waals surface area (Å²) < 4.78 is 0. The van der Waals surface area contributed by atoms with Crippen molar-refractivity contribution in [2.24, 2.45) is 0 Å². The van der Waals surface area contributed by atoms with Crippen molar-refractivity contribution in [2.45, 2.75) is 26.3 Å². The standard InChI is InChI=1S/C13H17N3/c1-13(2,3)16-12-9-6-4-5-7-11(9)15-8-10(12)14/h4-8H,14H2,1-3H3,(H,15,16). The first-order valence-corrected chi connectivity index (χ1v) is 5.39. The molecule has 0 spiro atoms. The third kappa shape index (κ3) is 2.08. The first kappa shape index (κ1) is 10.7. The van der Waals surface area contributed by atoms with Crippen LogP contribution in [0.5, 0.6) is 0 Å². The normalized spacial score (nSPS) is 11.7. The molecule has 0 aliphatic rings. The highest BCUT2D eigenvalue weighted by Gasteiger charge is 2.13. The number of fused-ring (bicyclic) bond motifs is 1. The summed E-state index contributed by atoms with van der Waals surface area (Å²) in [6.45, 7) is 6.34. The highest BCUT2D eigenvalue weighted by molar-refractivity contribution is 5.97. The second-order valence-corrected chi connectivity index (χ2v) is 4.98. The van der Waals surface area contributed by atoms with Gasteiger partial charge in [0.25, 0.3) is 0 Å². The van der Waals surface area contributed by atoms with E-state index in [1.54, 1.807) is 6.20 Å². The molecule has 0 fully saturated rings. The Morgan fingerprint density at radius 2 is 1.88 bits per heavy atom.